The molecule has 0 aliphatic carbocycles. The lowest BCUT2D eigenvalue weighted by molar-refractivity contribution is 0.304. The molecule has 0 unspecified atom stereocenters. The Bertz CT molecular complexity index is 976. The molecule has 0 saturated carbocycles. The normalized spacial score (nSPS) is 11.5. The summed E-state index contributed by atoms with van der Waals surface area (Å²) in [5, 5.41) is 2.46. The zero-order valence-corrected chi connectivity index (χ0v) is 21.9. The molecule has 35 heavy (non-hydrogen) atoms. The Balaban J connectivity index is 1.20. The van der Waals surface area contributed by atoms with E-state index in [0.717, 1.165) is 30.0 Å². The second-order valence-corrected chi connectivity index (χ2v) is 9.80. The molecule has 0 fully saturated rings. The maximum Gasteiger partial charge on any atom is 0.119 e. The van der Waals surface area contributed by atoms with Gasteiger partial charge >= 0.3 is 0 Å². The Morgan fingerprint density at radius 2 is 1.17 bits per heavy atom. The summed E-state index contributed by atoms with van der Waals surface area (Å²) in [5.41, 5.74) is 2.06. The fourth-order valence-corrected chi connectivity index (χ4v) is 4.54. The monoisotopic (exact) mass is 471 g/mol. The smallest absolute Gasteiger partial charge is 0.119 e. The van der Waals surface area contributed by atoms with Crippen molar-refractivity contribution in [2.24, 2.45) is 4.99 Å². The van der Waals surface area contributed by atoms with Gasteiger partial charge in [0.2, 0.25) is 0 Å². The zero-order chi connectivity index (χ0) is 24.4. The molecule has 0 heterocycles. The van der Waals surface area contributed by atoms with Crippen molar-refractivity contribution in [1.29, 1.82) is 0 Å². The van der Waals surface area contributed by atoms with Gasteiger partial charge in [0.05, 0.1) is 12.3 Å². The molecule has 0 atom stereocenters. The summed E-state index contributed by atoms with van der Waals surface area (Å²) in [5.74, 6) is 0.947. The van der Waals surface area contributed by atoms with Crippen LogP contribution >= 0.6 is 0 Å². The first-order chi connectivity index (χ1) is 17.3. The van der Waals surface area contributed by atoms with E-state index >= 15 is 0 Å². The SMILES string of the molecule is CCCCCCCCCCCCCCCCOc1ccc(C=Nc2ccc3ccccc3c2)cc1. The molecule has 3 rings (SSSR count). The molecule has 0 aromatic heterocycles. The fourth-order valence-electron chi connectivity index (χ4n) is 4.54. The minimum atomic E-state index is 0.808. The van der Waals surface area contributed by atoms with E-state index in [9.17, 15) is 0 Å². The van der Waals surface area contributed by atoms with Crippen molar-refractivity contribution >= 4 is 22.7 Å². The zero-order valence-electron chi connectivity index (χ0n) is 21.9. The molecule has 0 radical (unpaired) electrons. The van der Waals surface area contributed by atoms with E-state index in [0.29, 0.717) is 0 Å². The number of nitrogens with zero attached hydrogens (tertiary/aromatic N) is 1. The van der Waals surface area contributed by atoms with Crippen LogP contribution in [0.2, 0.25) is 0 Å². The van der Waals surface area contributed by atoms with Crippen LogP contribution in [0.15, 0.2) is 71.7 Å². The van der Waals surface area contributed by atoms with Crippen LogP contribution in [-0.2, 0) is 0 Å². The number of unbranched alkanes of at least 4 members (excludes halogenated alkanes) is 13. The number of fused-ring (bicyclic) bond motifs is 1. The molecule has 0 N–H and O–H groups in total. The van der Waals surface area contributed by atoms with Gasteiger partial charge < -0.3 is 4.74 Å². The summed E-state index contributed by atoms with van der Waals surface area (Å²) in [7, 11) is 0. The van der Waals surface area contributed by atoms with Crippen molar-refractivity contribution in [2.75, 3.05) is 6.61 Å². The maximum absolute atomic E-state index is 5.93. The van der Waals surface area contributed by atoms with E-state index < -0.39 is 0 Å². The predicted octanol–water partition coefficient (Wildman–Crippen LogP) is 10.5. The molecule has 0 saturated heterocycles. The largest absolute Gasteiger partial charge is 0.494 e. The summed E-state index contributed by atoms with van der Waals surface area (Å²) >= 11 is 0. The van der Waals surface area contributed by atoms with Crippen LogP contribution in [0.5, 0.6) is 5.75 Å². The van der Waals surface area contributed by atoms with Crippen LogP contribution in [0.3, 0.4) is 0 Å². The van der Waals surface area contributed by atoms with Crippen molar-refractivity contribution in [3.05, 3.63) is 72.3 Å². The van der Waals surface area contributed by atoms with Crippen molar-refractivity contribution in [2.45, 2.75) is 96.8 Å². The molecule has 0 amide bonds. The van der Waals surface area contributed by atoms with E-state index in [1.807, 2.05) is 18.3 Å². The highest BCUT2D eigenvalue weighted by atomic mass is 16.5. The van der Waals surface area contributed by atoms with Gasteiger partial charge in [-0.1, -0.05) is 121 Å². The third-order valence-electron chi connectivity index (χ3n) is 6.74. The Hall–Kier alpha value is -2.61. The van der Waals surface area contributed by atoms with Gasteiger partial charge in [-0.2, -0.15) is 0 Å². The summed E-state index contributed by atoms with van der Waals surface area (Å²) in [6.45, 7) is 3.10. The molecular formula is C33H45NO. The van der Waals surface area contributed by atoms with E-state index in [-0.39, 0.29) is 0 Å². The Labute approximate surface area is 213 Å². The van der Waals surface area contributed by atoms with Crippen LogP contribution < -0.4 is 4.74 Å². The van der Waals surface area contributed by atoms with Crippen molar-refractivity contribution < 1.29 is 4.74 Å². The lowest BCUT2D eigenvalue weighted by Gasteiger charge is -2.06. The second-order valence-electron chi connectivity index (χ2n) is 9.80. The molecule has 0 aliphatic rings. The lowest BCUT2D eigenvalue weighted by atomic mass is 10.0. The standard InChI is InChI=1S/C33H45NO/c1-2-3-4-5-6-7-8-9-10-11-12-13-14-17-26-35-33-24-20-29(21-25-33)28-34-32-23-22-30-18-15-16-19-31(30)27-32/h15-16,18-25,27-28H,2-14,17,26H2,1H3. The average Bonchev–Trinajstić information content (AvgIpc) is 2.90. The average molecular weight is 472 g/mol. The fraction of sp³-hybridized carbons (Fsp3) is 0.485. The first kappa shape index (κ1) is 27.0. The molecule has 188 valence electrons. The van der Waals surface area contributed by atoms with Gasteiger partial charge in [-0.15, -0.1) is 0 Å². The minimum absolute atomic E-state index is 0.808. The predicted molar refractivity (Wildman–Crippen MR) is 153 cm³/mol. The van der Waals surface area contributed by atoms with Gasteiger partial charge in [-0.3, -0.25) is 4.99 Å². The van der Waals surface area contributed by atoms with Crippen LogP contribution in [0.25, 0.3) is 10.8 Å². The number of ether oxygens (including phenoxy) is 1. The number of aliphatic imine (C=N–C) groups is 1. The Morgan fingerprint density at radius 3 is 1.80 bits per heavy atom. The summed E-state index contributed by atoms with van der Waals surface area (Å²) in [6.07, 6.45) is 21.3. The van der Waals surface area contributed by atoms with Gasteiger partial charge in [0.25, 0.3) is 0 Å². The third-order valence-corrected chi connectivity index (χ3v) is 6.74. The van der Waals surface area contributed by atoms with Crippen LogP contribution in [-0.4, -0.2) is 12.8 Å². The summed E-state index contributed by atoms with van der Waals surface area (Å²) < 4.78 is 5.93. The highest BCUT2D eigenvalue weighted by Gasteiger charge is 1.98. The topological polar surface area (TPSA) is 21.6 Å². The number of hydrogen-bond acceptors (Lipinski definition) is 2. The molecule has 0 bridgehead atoms. The van der Waals surface area contributed by atoms with Crippen LogP contribution in [0, 0.1) is 0 Å². The van der Waals surface area contributed by atoms with Gasteiger partial charge in [-0.25, -0.2) is 0 Å². The van der Waals surface area contributed by atoms with E-state index in [4.69, 9.17) is 4.74 Å². The molecule has 3 aromatic carbocycles. The van der Waals surface area contributed by atoms with Crippen LogP contribution in [0.4, 0.5) is 5.69 Å². The van der Waals surface area contributed by atoms with E-state index in [1.165, 1.54) is 94.2 Å². The molecule has 2 nitrogen and oxygen atoms in total. The highest BCUT2D eigenvalue weighted by Crippen LogP contribution is 2.21. The highest BCUT2D eigenvalue weighted by molar-refractivity contribution is 5.87. The Morgan fingerprint density at radius 1 is 0.600 bits per heavy atom. The lowest BCUT2D eigenvalue weighted by Crippen LogP contribution is -1.97. The molecule has 0 aliphatic heterocycles. The van der Waals surface area contributed by atoms with E-state index in [2.05, 4.69) is 66.5 Å². The number of hydrogen-bond donors (Lipinski definition) is 0. The van der Waals surface area contributed by atoms with E-state index in [1.54, 1.807) is 0 Å². The molecule has 3 aromatic rings. The summed E-state index contributed by atoms with van der Waals surface area (Å²) in [6, 6.07) is 22.9. The second kappa shape index (κ2) is 16.9. The summed E-state index contributed by atoms with van der Waals surface area (Å²) in [4.78, 5) is 4.64. The first-order valence-corrected chi connectivity index (χ1v) is 14.1. The van der Waals surface area contributed by atoms with Gasteiger partial charge in [-0.05, 0) is 59.2 Å². The number of rotatable bonds is 18. The van der Waals surface area contributed by atoms with Gasteiger partial charge in [0.1, 0.15) is 5.75 Å². The van der Waals surface area contributed by atoms with Crippen molar-refractivity contribution in [3.8, 4) is 5.75 Å². The maximum atomic E-state index is 5.93. The molecular weight excluding hydrogens is 426 g/mol. The van der Waals surface area contributed by atoms with Gasteiger partial charge in [0.15, 0.2) is 0 Å². The first-order valence-electron chi connectivity index (χ1n) is 14.1. The van der Waals surface area contributed by atoms with Crippen molar-refractivity contribution in [3.63, 3.8) is 0 Å². The van der Waals surface area contributed by atoms with Gasteiger partial charge in [0, 0.05) is 6.21 Å². The molecule has 0 spiro atoms. The van der Waals surface area contributed by atoms with Crippen molar-refractivity contribution in [1.82, 2.24) is 0 Å². The quantitative estimate of drug-likeness (QED) is 0.133. The van der Waals surface area contributed by atoms with Crippen LogP contribution in [0.1, 0.15) is 102 Å². The third kappa shape index (κ3) is 11.1. The Kier molecular flexibility index (Phi) is 13.0. The molecule has 2 heteroatoms. The minimum Gasteiger partial charge on any atom is -0.494 e. The number of benzene rings is 3.